The van der Waals surface area contributed by atoms with Crippen LogP contribution in [-0.4, -0.2) is 34.7 Å². The van der Waals surface area contributed by atoms with Gasteiger partial charge in [-0.05, 0) is 39.2 Å². The number of hydrogen-bond acceptors (Lipinski definition) is 2. The highest BCUT2D eigenvalue weighted by atomic mass is 16.2. The Morgan fingerprint density at radius 3 is 2.45 bits per heavy atom. The maximum atomic E-state index is 12.3. The first-order valence-electron chi connectivity index (χ1n) is 7.62. The molecule has 1 fully saturated rings. The van der Waals surface area contributed by atoms with Gasteiger partial charge in [-0.1, -0.05) is 19.3 Å². The first-order valence-corrected chi connectivity index (χ1v) is 7.62. The SMILES string of the molecule is Cc1cn(C(C)(C)C(=O)N(C)C)nc1C1CCCCC1. The Morgan fingerprint density at radius 2 is 1.90 bits per heavy atom. The number of carbonyl (C=O) groups excluding carboxylic acids is 1. The second kappa shape index (κ2) is 5.58. The van der Waals surface area contributed by atoms with E-state index < -0.39 is 5.54 Å². The van der Waals surface area contributed by atoms with E-state index in [0.29, 0.717) is 5.92 Å². The van der Waals surface area contributed by atoms with Crippen molar-refractivity contribution in [2.24, 2.45) is 0 Å². The van der Waals surface area contributed by atoms with E-state index in [4.69, 9.17) is 5.10 Å². The van der Waals surface area contributed by atoms with Crippen LogP contribution in [0.2, 0.25) is 0 Å². The molecule has 1 heterocycles. The summed E-state index contributed by atoms with van der Waals surface area (Å²) in [6.45, 7) is 5.99. The molecule has 0 spiro atoms. The number of aryl methyl sites for hydroxylation is 1. The number of hydrogen-bond donors (Lipinski definition) is 0. The molecule has 112 valence electrons. The highest BCUT2D eigenvalue weighted by molar-refractivity contribution is 5.83. The van der Waals surface area contributed by atoms with Crippen molar-refractivity contribution in [3.8, 4) is 0 Å². The molecule has 1 amide bonds. The summed E-state index contributed by atoms with van der Waals surface area (Å²) in [6.07, 6.45) is 8.46. The maximum Gasteiger partial charge on any atom is 0.249 e. The van der Waals surface area contributed by atoms with Crippen molar-refractivity contribution in [2.75, 3.05) is 14.1 Å². The monoisotopic (exact) mass is 277 g/mol. The van der Waals surface area contributed by atoms with E-state index >= 15 is 0 Å². The molecule has 1 saturated carbocycles. The van der Waals surface area contributed by atoms with Gasteiger partial charge >= 0.3 is 0 Å². The quantitative estimate of drug-likeness (QED) is 0.851. The van der Waals surface area contributed by atoms with E-state index in [-0.39, 0.29) is 5.91 Å². The summed E-state index contributed by atoms with van der Waals surface area (Å²) >= 11 is 0. The van der Waals surface area contributed by atoms with Crippen molar-refractivity contribution in [3.63, 3.8) is 0 Å². The van der Waals surface area contributed by atoms with Gasteiger partial charge in [-0.2, -0.15) is 5.10 Å². The topological polar surface area (TPSA) is 38.1 Å². The summed E-state index contributed by atoms with van der Waals surface area (Å²) in [6, 6.07) is 0. The van der Waals surface area contributed by atoms with Gasteiger partial charge in [0.1, 0.15) is 5.54 Å². The normalized spacial score (nSPS) is 17.2. The third-order valence-electron chi connectivity index (χ3n) is 4.43. The Bertz CT molecular complexity index is 482. The fraction of sp³-hybridized carbons (Fsp3) is 0.750. The minimum Gasteiger partial charge on any atom is -0.347 e. The molecule has 20 heavy (non-hydrogen) atoms. The fourth-order valence-corrected chi connectivity index (χ4v) is 3.18. The molecule has 0 aromatic carbocycles. The van der Waals surface area contributed by atoms with Crippen molar-refractivity contribution in [1.29, 1.82) is 0 Å². The van der Waals surface area contributed by atoms with Crippen LogP contribution in [0.25, 0.3) is 0 Å². The second-order valence-electron chi connectivity index (χ2n) is 6.74. The first kappa shape index (κ1) is 15.1. The van der Waals surface area contributed by atoms with Gasteiger partial charge in [0, 0.05) is 26.2 Å². The Morgan fingerprint density at radius 1 is 1.30 bits per heavy atom. The van der Waals surface area contributed by atoms with Crippen LogP contribution in [0.3, 0.4) is 0 Å². The minimum absolute atomic E-state index is 0.0789. The number of nitrogens with zero attached hydrogens (tertiary/aromatic N) is 3. The van der Waals surface area contributed by atoms with E-state index in [9.17, 15) is 4.79 Å². The lowest BCUT2D eigenvalue weighted by atomic mass is 9.86. The molecule has 1 aromatic heterocycles. The lowest BCUT2D eigenvalue weighted by Gasteiger charge is -2.27. The first-order chi connectivity index (χ1) is 9.34. The van der Waals surface area contributed by atoms with Gasteiger partial charge in [-0.3, -0.25) is 9.48 Å². The van der Waals surface area contributed by atoms with E-state index in [0.717, 1.165) is 0 Å². The maximum absolute atomic E-state index is 12.3. The number of likely N-dealkylation sites (N-methyl/N-ethyl adjacent to an activating group) is 1. The van der Waals surface area contributed by atoms with Crippen LogP contribution in [-0.2, 0) is 10.3 Å². The van der Waals surface area contributed by atoms with Crippen molar-refractivity contribution in [2.45, 2.75) is 64.3 Å². The molecule has 1 aromatic rings. The van der Waals surface area contributed by atoms with Gasteiger partial charge in [-0.25, -0.2) is 0 Å². The zero-order chi connectivity index (χ0) is 14.9. The van der Waals surface area contributed by atoms with Crippen LogP contribution in [0, 0.1) is 6.92 Å². The summed E-state index contributed by atoms with van der Waals surface area (Å²) < 4.78 is 1.86. The highest BCUT2D eigenvalue weighted by Crippen LogP contribution is 2.34. The predicted octanol–water partition coefficient (Wildman–Crippen LogP) is 3.06. The smallest absolute Gasteiger partial charge is 0.249 e. The molecule has 4 heteroatoms. The Hall–Kier alpha value is -1.32. The third kappa shape index (κ3) is 2.74. The van der Waals surface area contributed by atoms with E-state index in [1.165, 1.54) is 43.4 Å². The number of rotatable bonds is 3. The molecular formula is C16H27N3O. The van der Waals surface area contributed by atoms with Crippen molar-refractivity contribution < 1.29 is 4.79 Å². The fourth-order valence-electron chi connectivity index (χ4n) is 3.18. The average Bonchev–Trinajstić information content (AvgIpc) is 2.81. The number of aromatic nitrogens is 2. The van der Waals surface area contributed by atoms with E-state index in [2.05, 4.69) is 6.92 Å². The third-order valence-corrected chi connectivity index (χ3v) is 4.43. The van der Waals surface area contributed by atoms with Crippen LogP contribution in [0.4, 0.5) is 0 Å². The highest BCUT2D eigenvalue weighted by Gasteiger charge is 2.33. The second-order valence-corrected chi connectivity index (χ2v) is 6.74. The summed E-state index contributed by atoms with van der Waals surface area (Å²) in [5.74, 6) is 0.658. The summed E-state index contributed by atoms with van der Waals surface area (Å²) in [7, 11) is 3.59. The van der Waals surface area contributed by atoms with Gasteiger partial charge in [0.25, 0.3) is 0 Å². The molecule has 0 radical (unpaired) electrons. The molecule has 0 unspecified atom stereocenters. The molecule has 0 saturated heterocycles. The molecule has 0 bridgehead atoms. The number of amides is 1. The van der Waals surface area contributed by atoms with E-state index in [1.807, 2.05) is 24.7 Å². The summed E-state index contributed by atoms with van der Waals surface area (Å²) in [5.41, 5.74) is 1.79. The van der Waals surface area contributed by atoms with Crippen LogP contribution in [0.15, 0.2) is 6.20 Å². The van der Waals surface area contributed by atoms with Crippen molar-refractivity contribution >= 4 is 5.91 Å². The standard InChI is InChI=1S/C16H27N3O/c1-12-11-19(16(2,3)15(20)18(4)5)17-14(12)13-9-7-6-8-10-13/h11,13H,6-10H2,1-5H3. The molecule has 1 aliphatic carbocycles. The van der Waals surface area contributed by atoms with Crippen molar-refractivity contribution in [3.05, 3.63) is 17.5 Å². The summed E-state index contributed by atoms with van der Waals surface area (Å²) in [5, 5.41) is 4.78. The molecule has 0 aliphatic heterocycles. The molecule has 4 nitrogen and oxygen atoms in total. The molecule has 1 aliphatic rings. The molecular weight excluding hydrogens is 250 g/mol. The average molecular weight is 277 g/mol. The van der Waals surface area contributed by atoms with Crippen LogP contribution < -0.4 is 0 Å². The lowest BCUT2D eigenvalue weighted by Crippen LogP contribution is -2.44. The Labute approximate surface area is 122 Å². The Kier molecular flexibility index (Phi) is 4.21. The van der Waals surface area contributed by atoms with Gasteiger partial charge < -0.3 is 4.90 Å². The molecule has 0 atom stereocenters. The molecule has 0 N–H and O–H groups in total. The predicted molar refractivity (Wildman–Crippen MR) is 80.8 cm³/mol. The number of carbonyl (C=O) groups is 1. The van der Waals surface area contributed by atoms with Gasteiger partial charge in [0.15, 0.2) is 0 Å². The zero-order valence-electron chi connectivity index (χ0n) is 13.4. The van der Waals surface area contributed by atoms with Crippen molar-refractivity contribution in [1.82, 2.24) is 14.7 Å². The minimum atomic E-state index is -0.624. The lowest BCUT2D eigenvalue weighted by molar-refractivity contribution is -0.137. The van der Waals surface area contributed by atoms with Crippen LogP contribution >= 0.6 is 0 Å². The van der Waals surface area contributed by atoms with Gasteiger partial charge in [-0.15, -0.1) is 0 Å². The van der Waals surface area contributed by atoms with Crippen LogP contribution in [0.1, 0.15) is 63.1 Å². The van der Waals surface area contributed by atoms with Gasteiger partial charge in [0.2, 0.25) is 5.91 Å². The zero-order valence-corrected chi connectivity index (χ0v) is 13.4. The molecule has 2 rings (SSSR count). The Balaban J connectivity index is 2.28. The largest absolute Gasteiger partial charge is 0.347 e. The van der Waals surface area contributed by atoms with E-state index in [1.54, 1.807) is 19.0 Å². The van der Waals surface area contributed by atoms with Crippen LogP contribution in [0.5, 0.6) is 0 Å². The summed E-state index contributed by atoms with van der Waals surface area (Å²) in [4.78, 5) is 14.0. The van der Waals surface area contributed by atoms with Gasteiger partial charge in [0.05, 0.1) is 5.69 Å².